The van der Waals surface area contributed by atoms with Crippen LogP contribution in [-0.4, -0.2) is 55.2 Å². The fraction of sp³-hybridized carbons (Fsp3) is 0.286. The first-order chi connectivity index (χ1) is 15.6. The second-order valence-electron chi connectivity index (χ2n) is 7.82. The molecule has 1 atom stereocenters. The lowest BCUT2D eigenvalue weighted by molar-refractivity contribution is 0.0996. The summed E-state index contributed by atoms with van der Waals surface area (Å²) in [6.07, 6.45) is 3.57. The molecule has 0 unspecified atom stereocenters. The first-order valence-corrected chi connectivity index (χ1v) is 11.4. The highest BCUT2D eigenvalue weighted by atomic mass is 32.2. The number of carbonyl (C=O) groups is 1. The number of nitrogens with two attached hydrogens (primary N) is 1. The molecule has 1 saturated heterocycles. The van der Waals surface area contributed by atoms with Gasteiger partial charge in [-0.25, -0.2) is 26.0 Å². The van der Waals surface area contributed by atoms with E-state index < -0.39 is 49.7 Å². The molecule has 33 heavy (non-hydrogen) atoms. The molecule has 1 fully saturated rings. The smallest absolute Gasteiger partial charge is 0.261 e. The monoisotopic (exact) mass is 476 g/mol. The van der Waals surface area contributed by atoms with Crippen molar-refractivity contribution >= 4 is 33.4 Å². The number of benzene rings is 1. The van der Waals surface area contributed by atoms with Crippen molar-refractivity contribution in [3.63, 3.8) is 0 Å². The van der Waals surface area contributed by atoms with Crippen molar-refractivity contribution < 1.29 is 26.8 Å². The molecule has 3 heterocycles. The molecule has 1 aromatic carbocycles. The third-order valence-corrected chi connectivity index (χ3v) is 7.51. The van der Waals surface area contributed by atoms with Gasteiger partial charge in [0.05, 0.1) is 23.5 Å². The van der Waals surface area contributed by atoms with Gasteiger partial charge in [-0.1, -0.05) is 12.1 Å². The van der Waals surface area contributed by atoms with Gasteiger partial charge in [0.2, 0.25) is 6.29 Å². The Morgan fingerprint density at radius 3 is 2.64 bits per heavy atom. The molecule has 2 N–H and O–H groups in total. The molecule has 173 valence electrons. The average Bonchev–Trinajstić information content (AvgIpc) is 3.40. The molecule has 1 aliphatic heterocycles. The summed E-state index contributed by atoms with van der Waals surface area (Å²) in [6, 6.07) is 5.17. The molecule has 9 nitrogen and oxygen atoms in total. The van der Waals surface area contributed by atoms with E-state index in [1.807, 2.05) is 0 Å². The first-order valence-electron chi connectivity index (χ1n) is 9.95. The fourth-order valence-electron chi connectivity index (χ4n) is 4.22. The van der Waals surface area contributed by atoms with Crippen LogP contribution in [0, 0.1) is 11.6 Å². The fourth-order valence-corrected chi connectivity index (χ4v) is 5.37. The lowest BCUT2D eigenvalue weighted by Gasteiger charge is -2.30. The van der Waals surface area contributed by atoms with Crippen molar-refractivity contribution in [3.8, 4) is 0 Å². The number of nitrogens with zero attached hydrogens (tertiary/aromatic N) is 4. The Balaban J connectivity index is 2.12. The first kappa shape index (κ1) is 22.8. The summed E-state index contributed by atoms with van der Waals surface area (Å²) in [5.41, 5.74) is 4.37. The summed E-state index contributed by atoms with van der Waals surface area (Å²) in [4.78, 5) is 25.5. The molecule has 0 bridgehead atoms. The number of hydrogen-bond donors (Lipinski definition) is 1. The molecule has 3 aromatic rings. The van der Waals surface area contributed by atoms with Crippen LogP contribution in [0.3, 0.4) is 0 Å². The Kier molecular flexibility index (Phi) is 5.66. The Bertz CT molecular complexity index is 1390. The lowest BCUT2D eigenvalue weighted by Crippen LogP contribution is -2.33. The summed E-state index contributed by atoms with van der Waals surface area (Å²) in [6.45, 7) is 0.240. The van der Waals surface area contributed by atoms with Crippen molar-refractivity contribution in [1.29, 1.82) is 0 Å². The third-order valence-electron chi connectivity index (χ3n) is 5.68. The highest BCUT2D eigenvalue weighted by molar-refractivity contribution is 7.89. The molecule has 2 aromatic heterocycles. The summed E-state index contributed by atoms with van der Waals surface area (Å²) in [7, 11) is -1.92. The van der Waals surface area contributed by atoms with Crippen LogP contribution < -0.4 is 10.6 Å². The van der Waals surface area contributed by atoms with Crippen LogP contribution in [0.25, 0.3) is 5.52 Å². The van der Waals surface area contributed by atoms with Crippen LogP contribution in [0.1, 0.15) is 40.4 Å². The quantitative estimate of drug-likeness (QED) is 0.579. The number of sulfonamides is 1. The highest BCUT2D eigenvalue weighted by Crippen LogP contribution is 2.42. The van der Waals surface area contributed by atoms with Crippen molar-refractivity contribution in [3.05, 3.63) is 58.8 Å². The third kappa shape index (κ3) is 3.55. The van der Waals surface area contributed by atoms with Gasteiger partial charge in [-0.3, -0.25) is 9.59 Å². The zero-order valence-electron chi connectivity index (χ0n) is 17.7. The summed E-state index contributed by atoms with van der Waals surface area (Å²) < 4.78 is 57.8. The molecule has 1 aliphatic rings. The van der Waals surface area contributed by atoms with Crippen molar-refractivity contribution in [1.82, 2.24) is 13.9 Å². The number of primary amides is 1. The summed E-state index contributed by atoms with van der Waals surface area (Å²) >= 11 is 0. The van der Waals surface area contributed by atoms with Crippen LogP contribution in [-0.2, 0) is 14.8 Å². The molecular formula is C21H20F2N5O4S. The van der Waals surface area contributed by atoms with Gasteiger partial charge in [-0.05, 0) is 30.5 Å². The molecule has 0 spiro atoms. The molecule has 1 amide bonds. The highest BCUT2D eigenvalue weighted by Gasteiger charge is 2.39. The Morgan fingerprint density at radius 1 is 1.30 bits per heavy atom. The Labute approximate surface area is 188 Å². The second-order valence-corrected chi connectivity index (χ2v) is 9.89. The minimum atomic E-state index is -4.38. The van der Waals surface area contributed by atoms with Gasteiger partial charge >= 0.3 is 0 Å². The van der Waals surface area contributed by atoms with Gasteiger partial charge in [0.25, 0.3) is 15.9 Å². The van der Waals surface area contributed by atoms with E-state index in [4.69, 9.17) is 5.73 Å². The van der Waals surface area contributed by atoms with Gasteiger partial charge < -0.3 is 10.6 Å². The zero-order valence-corrected chi connectivity index (χ0v) is 18.6. The Hall–Kier alpha value is -3.38. The predicted octanol–water partition coefficient (Wildman–Crippen LogP) is 1.76. The molecular weight excluding hydrogens is 456 g/mol. The van der Waals surface area contributed by atoms with E-state index in [1.165, 1.54) is 37.2 Å². The predicted molar refractivity (Wildman–Crippen MR) is 115 cm³/mol. The molecule has 0 aliphatic carbocycles. The largest absolute Gasteiger partial charge is 0.365 e. The molecule has 12 heteroatoms. The van der Waals surface area contributed by atoms with Gasteiger partial charge in [-0.2, -0.15) is 5.10 Å². The second kappa shape index (κ2) is 8.19. The van der Waals surface area contributed by atoms with Gasteiger partial charge in [0.15, 0.2) is 10.8 Å². The van der Waals surface area contributed by atoms with Gasteiger partial charge in [0, 0.05) is 20.6 Å². The lowest BCUT2D eigenvalue weighted by atomic mass is 10.0. The van der Waals surface area contributed by atoms with Crippen molar-refractivity contribution in [2.24, 2.45) is 5.73 Å². The number of anilines is 1. The van der Waals surface area contributed by atoms with Crippen molar-refractivity contribution in [2.45, 2.75) is 23.9 Å². The van der Waals surface area contributed by atoms with Crippen LogP contribution in [0.5, 0.6) is 0 Å². The normalized spacial score (nSPS) is 16.6. The van der Waals surface area contributed by atoms with Gasteiger partial charge in [0.1, 0.15) is 16.9 Å². The molecule has 4 rings (SSSR count). The molecule has 1 radical (unpaired) electrons. The van der Waals surface area contributed by atoms with E-state index in [0.717, 1.165) is 10.5 Å². The topological polar surface area (TPSA) is 118 Å². The molecule has 0 saturated carbocycles. The number of carbonyl (C=O) groups excluding carboxylic acids is 2. The van der Waals surface area contributed by atoms with Crippen LogP contribution in [0.15, 0.2) is 35.5 Å². The number of fused-ring (bicyclic) bond motifs is 1. The van der Waals surface area contributed by atoms with E-state index in [2.05, 4.69) is 5.10 Å². The number of aromatic nitrogens is 2. The Morgan fingerprint density at radius 2 is 2.03 bits per heavy atom. The maximum absolute atomic E-state index is 16.0. The zero-order chi connectivity index (χ0) is 24.1. The van der Waals surface area contributed by atoms with E-state index >= 15 is 4.39 Å². The minimum Gasteiger partial charge on any atom is -0.365 e. The average molecular weight is 476 g/mol. The van der Waals surface area contributed by atoms with E-state index in [9.17, 15) is 22.4 Å². The number of pyridine rings is 1. The van der Waals surface area contributed by atoms with Crippen molar-refractivity contribution in [2.75, 3.05) is 25.5 Å². The van der Waals surface area contributed by atoms with Crippen LogP contribution in [0.2, 0.25) is 0 Å². The maximum atomic E-state index is 16.0. The van der Waals surface area contributed by atoms with Crippen LogP contribution in [0.4, 0.5) is 14.5 Å². The summed E-state index contributed by atoms with van der Waals surface area (Å²) in [5.74, 6) is -2.72. The van der Waals surface area contributed by atoms with E-state index in [-0.39, 0.29) is 17.8 Å². The number of halogens is 2. The van der Waals surface area contributed by atoms with E-state index in [1.54, 1.807) is 12.4 Å². The minimum absolute atomic E-state index is 0.240. The van der Waals surface area contributed by atoms with Crippen LogP contribution >= 0.6 is 0 Å². The standard InChI is InChI=1S/C21H20F2N5O4S/c1-26(2)33(31,32)21-16(20(24)30)19(17(23)18-13(11-29)10-25-28(18)21)27-8-4-7-15(27)12-5-3-6-14(22)9-12/h3,5-6,9-10,15H,4,7-8H2,1-2H3,(H2,24,30)/t15-/m1/s1. The van der Waals surface area contributed by atoms with E-state index in [0.29, 0.717) is 22.9 Å². The number of rotatable bonds is 6. The van der Waals surface area contributed by atoms with Gasteiger partial charge in [-0.15, -0.1) is 0 Å². The maximum Gasteiger partial charge on any atom is 0.261 e. The SMILES string of the molecule is CN(C)S(=O)(=O)c1c(C(N)=O)c(N2CCC[C@@H]2c2cccc(F)c2)c(F)c2c([C]=O)cnn12. The number of hydrogen-bond acceptors (Lipinski definition) is 6. The number of amides is 1. The summed E-state index contributed by atoms with van der Waals surface area (Å²) in [5, 5.41) is 3.16.